The monoisotopic (exact) mass is 345 g/mol. The number of halogens is 1. The summed E-state index contributed by atoms with van der Waals surface area (Å²) in [4.78, 5) is 17.6. The number of hydrogen-bond acceptors (Lipinski definition) is 4. The Bertz CT molecular complexity index is 437. The molecule has 1 aromatic heterocycles. The maximum Gasteiger partial charge on any atom is 0.237 e. The van der Waals surface area contributed by atoms with E-state index in [1.54, 1.807) is 11.3 Å². The topological polar surface area (TPSA) is 49.6 Å². The first-order valence-electron chi connectivity index (χ1n) is 6.58. The SMILES string of the molecule is CCN(Cc1ccc(Br)s1)C(=O)CN1CC[C@@H](N)C1. The lowest BCUT2D eigenvalue weighted by Gasteiger charge is -2.23. The maximum absolute atomic E-state index is 12.3. The van der Waals surface area contributed by atoms with Crippen molar-refractivity contribution in [2.45, 2.75) is 25.9 Å². The van der Waals surface area contributed by atoms with Crippen molar-refractivity contribution in [3.05, 3.63) is 20.8 Å². The summed E-state index contributed by atoms with van der Waals surface area (Å²) in [6, 6.07) is 4.32. The average molecular weight is 346 g/mol. The third-order valence-corrected chi connectivity index (χ3v) is 4.99. The third kappa shape index (κ3) is 4.27. The van der Waals surface area contributed by atoms with Crippen LogP contribution in [0.15, 0.2) is 15.9 Å². The summed E-state index contributed by atoms with van der Waals surface area (Å²) >= 11 is 5.13. The first kappa shape index (κ1) is 15.0. The Kier molecular flexibility index (Phi) is 5.38. The van der Waals surface area contributed by atoms with Crippen LogP contribution in [0.2, 0.25) is 0 Å². The van der Waals surface area contributed by atoms with Crippen molar-refractivity contribution in [3.8, 4) is 0 Å². The van der Waals surface area contributed by atoms with Gasteiger partial charge in [-0.2, -0.15) is 0 Å². The van der Waals surface area contributed by atoms with Gasteiger partial charge in [0.25, 0.3) is 0 Å². The largest absolute Gasteiger partial charge is 0.337 e. The number of nitrogens with zero attached hydrogens (tertiary/aromatic N) is 2. The van der Waals surface area contributed by atoms with Crippen molar-refractivity contribution >= 4 is 33.2 Å². The highest BCUT2D eigenvalue weighted by Gasteiger charge is 2.23. The standard InChI is InChI=1S/C13H20BrN3OS/c1-2-17(8-11-3-4-12(14)19-11)13(18)9-16-6-5-10(15)7-16/h3-4,10H,2,5-9,15H2,1H3/t10-/m1/s1. The fourth-order valence-electron chi connectivity index (χ4n) is 2.30. The van der Waals surface area contributed by atoms with E-state index in [0.717, 1.165) is 29.8 Å². The second-order valence-corrected chi connectivity index (χ2v) is 7.45. The van der Waals surface area contributed by atoms with Crippen LogP contribution >= 0.6 is 27.3 Å². The molecule has 6 heteroatoms. The number of likely N-dealkylation sites (N-methyl/N-ethyl adjacent to an activating group) is 1. The molecule has 1 amide bonds. The number of rotatable bonds is 5. The zero-order valence-corrected chi connectivity index (χ0v) is 13.5. The first-order chi connectivity index (χ1) is 9.08. The summed E-state index contributed by atoms with van der Waals surface area (Å²) in [5.41, 5.74) is 5.87. The van der Waals surface area contributed by atoms with Crippen LogP contribution in [0.5, 0.6) is 0 Å². The second kappa shape index (κ2) is 6.83. The molecule has 1 aromatic rings. The molecule has 2 heterocycles. The molecular weight excluding hydrogens is 326 g/mol. The quantitative estimate of drug-likeness (QED) is 0.886. The van der Waals surface area contributed by atoms with Gasteiger partial charge in [-0.1, -0.05) is 0 Å². The molecule has 0 spiro atoms. The zero-order chi connectivity index (χ0) is 13.8. The predicted molar refractivity (Wildman–Crippen MR) is 82.1 cm³/mol. The number of likely N-dealkylation sites (tertiary alicyclic amines) is 1. The molecule has 0 bridgehead atoms. The molecule has 0 saturated carbocycles. The van der Waals surface area contributed by atoms with Crippen LogP contribution in [0.1, 0.15) is 18.2 Å². The Hall–Kier alpha value is -0.430. The Morgan fingerprint density at radius 2 is 2.42 bits per heavy atom. The first-order valence-corrected chi connectivity index (χ1v) is 8.19. The molecule has 106 valence electrons. The van der Waals surface area contributed by atoms with E-state index in [0.29, 0.717) is 13.1 Å². The highest BCUT2D eigenvalue weighted by Crippen LogP contribution is 2.23. The molecule has 2 rings (SSSR count). The van der Waals surface area contributed by atoms with E-state index >= 15 is 0 Å². The summed E-state index contributed by atoms with van der Waals surface area (Å²) in [6.07, 6.45) is 0.997. The van der Waals surface area contributed by atoms with Gasteiger partial charge < -0.3 is 10.6 Å². The number of hydrogen-bond donors (Lipinski definition) is 1. The lowest BCUT2D eigenvalue weighted by molar-refractivity contribution is -0.132. The minimum Gasteiger partial charge on any atom is -0.337 e. The van der Waals surface area contributed by atoms with Crippen molar-refractivity contribution in [1.82, 2.24) is 9.80 Å². The minimum atomic E-state index is 0.195. The van der Waals surface area contributed by atoms with Gasteiger partial charge in [0.1, 0.15) is 0 Å². The van der Waals surface area contributed by atoms with Gasteiger partial charge in [0.15, 0.2) is 0 Å². The van der Waals surface area contributed by atoms with Crippen LogP contribution in [0.3, 0.4) is 0 Å². The van der Waals surface area contributed by atoms with Crippen LogP contribution in [0.4, 0.5) is 0 Å². The molecule has 0 radical (unpaired) electrons. The molecule has 0 aromatic carbocycles. The number of thiophene rings is 1. The Morgan fingerprint density at radius 1 is 1.63 bits per heavy atom. The number of amides is 1. The van der Waals surface area contributed by atoms with Crippen LogP contribution in [0.25, 0.3) is 0 Å². The number of carbonyl (C=O) groups is 1. The highest BCUT2D eigenvalue weighted by atomic mass is 79.9. The molecule has 1 atom stereocenters. The van der Waals surface area contributed by atoms with E-state index < -0.39 is 0 Å². The Morgan fingerprint density at radius 3 is 2.95 bits per heavy atom. The molecule has 2 N–H and O–H groups in total. The Labute approximate surface area is 126 Å². The molecule has 19 heavy (non-hydrogen) atoms. The molecule has 1 saturated heterocycles. The van der Waals surface area contributed by atoms with Gasteiger partial charge in [0.2, 0.25) is 5.91 Å². The van der Waals surface area contributed by atoms with Gasteiger partial charge in [-0.25, -0.2) is 0 Å². The molecule has 4 nitrogen and oxygen atoms in total. The van der Waals surface area contributed by atoms with E-state index in [9.17, 15) is 4.79 Å². The lowest BCUT2D eigenvalue weighted by atomic mass is 10.3. The summed E-state index contributed by atoms with van der Waals surface area (Å²) in [5, 5.41) is 0. The second-order valence-electron chi connectivity index (χ2n) is 4.90. The third-order valence-electron chi connectivity index (χ3n) is 3.38. The van der Waals surface area contributed by atoms with Crippen molar-refractivity contribution < 1.29 is 4.79 Å². The highest BCUT2D eigenvalue weighted by molar-refractivity contribution is 9.11. The van der Waals surface area contributed by atoms with Crippen molar-refractivity contribution in [3.63, 3.8) is 0 Å². The van der Waals surface area contributed by atoms with Gasteiger partial charge in [-0.05, 0) is 41.4 Å². The van der Waals surface area contributed by atoms with E-state index in [1.165, 1.54) is 4.88 Å². The molecule has 1 fully saturated rings. The Balaban J connectivity index is 1.88. The normalized spacial score (nSPS) is 19.8. The minimum absolute atomic E-state index is 0.195. The predicted octanol–water partition coefficient (Wildman–Crippen LogP) is 1.89. The molecule has 1 aliphatic rings. The van der Waals surface area contributed by atoms with Crippen molar-refractivity contribution in [1.29, 1.82) is 0 Å². The van der Waals surface area contributed by atoms with Crippen LogP contribution in [0, 0.1) is 0 Å². The number of nitrogens with two attached hydrogens (primary N) is 1. The van der Waals surface area contributed by atoms with Crippen molar-refractivity contribution in [2.75, 3.05) is 26.2 Å². The lowest BCUT2D eigenvalue weighted by Crippen LogP contribution is -2.39. The molecule has 0 unspecified atom stereocenters. The fourth-order valence-corrected chi connectivity index (χ4v) is 3.80. The molecular formula is C13H20BrN3OS. The summed E-state index contributed by atoms with van der Waals surface area (Å²) < 4.78 is 1.11. The van der Waals surface area contributed by atoms with Gasteiger partial charge in [-0.15, -0.1) is 11.3 Å². The van der Waals surface area contributed by atoms with Gasteiger partial charge >= 0.3 is 0 Å². The van der Waals surface area contributed by atoms with Crippen molar-refractivity contribution in [2.24, 2.45) is 5.73 Å². The summed E-state index contributed by atoms with van der Waals surface area (Å²) in [6.45, 7) is 5.74. The summed E-state index contributed by atoms with van der Waals surface area (Å²) in [5.74, 6) is 0.195. The molecule has 0 aliphatic carbocycles. The van der Waals surface area contributed by atoms with Crippen LogP contribution < -0.4 is 5.73 Å². The van der Waals surface area contributed by atoms with Gasteiger partial charge in [0.05, 0.1) is 16.9 Å². The molecule has 1 aliphatic heterocycles. The zero-order valence-electron chi connectivity index (χ0n) is 11.1. The fraction of sp³-hybridized carbons (Fsp3) is 0.615. The maximum atomic E-state index is 12.3. The van der Waals surface area contributed by atoms with Crippen LogP contribution in [-0.2, 0) is 11.3 Å². The van der Waals surface area contributed by atoms with Gasteiger partial charge in [-0.3, -0.25) is 9.69 Å². The number of carbonyl (C=O) groups excluding carboxylic acids is 1. The van der Waals surface area contributed by atoms with E-state index in [-0.39, 0.29) is 11.9 Å². The van der Waals surface area contributed by atoms with E-state index in [1.807, 2.05) is 17.9 Å². The van der Waals surface area contributed by atoms with Crippen LogP contribution in [-0.4, -0.2) is 47.9 Å². The van der Waals surface area contributed by atoms with Gasteiger partial charge in [0, 0.05) is 30.6 Å². The summed E-state index contributed by atoms with van der Waals surface area (Å²) in [7, 11) is 0. The van der Waals surface area contributed by atoms with E-state index in [4.69, 9.17) is 5.73 Å². The van der Waals surface area contributed by atoms with E-state index in [2.05, 4.69) is 26.9 Å². The smallest absolute Gasteiger partial charge is 0.237 e. The average Bonchev–Trinajstić information content (AvgIpc) is 2.95.